The summed E-state index contributed by atoms with van der Waals surface area (Å²) in [6, 6.07) is 2.50. The highest BCUT2D eigenvalue weighted by Gasteiger charge is 2.32. The van der Waals surface area contributed by atoms with Crippen LogP contribution in [0.4, 0.5) is 8.78 Å². The summed E-state index contributed by atoms with van der Waals surface area (Å²) in [6.45, 7) is 2.10. The van der Waals surface area contributed by atoms with E-state index in [1.54, 1.807) is 0 Å². The average molecular weight is 305 g/mol. The molecule has 1 saturated carbocycles. The molecule has 17 heavy (non-hydrogen) atoms. The molecule has 0 heterocycles. The summed E-state index contributed by atoms with van der Waals surface area (Å²) in [7, 11) is 0. The van der Waals surface area contributed by atoms with Gasteiger partial charge in [-0.05, 0) is 52.7 Å². The topological polar surface area (TPSA) is 20.2 Å². The van der Waals surface area contributed by atoms with Crippen LogP contribution in [0.3, 0.4) is 0 Å². The van der Waals surface area contributed by atoms with E-state index in [1.807, 2.05) is 0 Å². The van der Waals surface area contributed by atoms with Gasteiger partial charge in [0.05, 0.1) is 16.1 Å². The third-order valence-electron chi connectivity index (χ3n) is 3.56. The summed E-state index contributed by atoms with van der Waals surface area (Å²) in [5, 5.41) is 10.1. The smallest absolute Gasteiger partial charge is 0.146 e. The molecule has 0 saturated heterocycles. The molecular weight excluding hydrogens is 290 g/mol. The van der Waals surface area contributed by atoms with E-state index in [0.29, 0.717) is 5.92 Å². The molecule has 1 aromatic rings. The first-order chi connectivity index (χ1) is 8.00. The summed E-state index contributed by atoms with van der Waals surface area (Å²) < 4.78 is 27.6. The van der Waals surface area contributed by atoms with E-state index in [0.717, 1.165) is 19.3 Å². The van der Waals surface area contributed by atoms with Crippen LogP contribution in [0.1, 0.15) is 37.9 Å². The van der Waals surface area contributed by atoms with E-state index in [1.165, 1.54) is 12.1 Å². The standard InChI is InChI=1S/C13H15BrF2O/c1-7-2-3-8(6-7)13(17)11-10(15)5-4-9(14)12(11)16/h4-5,7-8,13,17H,2-3,6H2,1H3. The van der Waals surface area contributed by atoms with Crippen molar-refractivity contribution < 1.29 is 13.9 Å². The fraction of sp³-hybridized carbons (Fsp3) is 0.538. The fourth-order valence-corrected chi connectivity index (χ4v) is 2.93. The van der Waals surface area contributed by atoms with Crippen LogP contribution in [0.15, 0.2) is 16.6 Å². The molecule has 1 aromatic carbocycles. The predicted molar refractivity (Wildman–Crippen MR) is 65.5 cm³/mol. The van der Waals surface area contributed by atoms with Gasteiger partial charge in [0.2, 0.25) is 0 Å². The van der Waals surface area contributed by atoms with E-state index >= 15 is 0 Å². The van der Waals surface area contributed by atoms with E-state index < -0.39 is 17.7 Å². The molecule has 3 unspecified atom stereocenters. The van der Waals surface area contributed by atoms with Gasteiger partial charge in [-0.1, -0.05) is 13.3 Å². The predicted octanol–water partition coefficient (Wildman–Crippen LogP) is 4.20. The second-order valence-electron chi connectivity index (χ2n) is 4.88. The van der Waals surface area contributed by atoms with Crippen molar-refractivity contribution in [2.45, 2.75) is 32.3 Å². The van der Waals surface area contributed by atoms with Crippen molar-refractivity contribution in [1.29, 1.82) is 0 Å². The minimum atomic E-state index is -1.04. The van der Waals surface area contributed by atoms with Gasteiger partial charge in [0.15, 0.2) is 0 Å². The normalized spacial score (nSPS) is 26.2. The molecule has 1 nitrogen and oxygen atoms in total. The highest BCUT2D eigenvalue weighted by Crippen LogP contribution is 2.41. The molecule has 0 aromatic heterocycles. The zero-order valence-corrected chi connectivity index (χ0v) is 11.2. The van der Waals surface area contributed by atoms with Crippen LogP contribution in [0.2, 0.25) is 0 Å². The molecule has 1 fully saturated rings. The van der Waals surface area contributed by atoms with Gasteiger partial charge in [-0.25, -0.2) is 8.78 Å². The Bertz CT molecular complexity index is 422. The zero-order valence-electron chi connectivity index (χ0n) is 9.59. The second-order valence-corrected chi connectivity index (χ2v) is 5.73. The van der Waals surface area contributed by atoms with E-state index in [2.05, 4.69) is 22.9 Å². The lowest BCUT2D eigenvalue weighted by atomic mass is 9.93. The van der Waals surface area contributed by atoms with Crippen molar-refractivity contribution in [3.63, 3.8) is 0 Å². The largest absolute Gasteiger partial charge is 0.388 e. The van der Waals surface area contributed by atoms with Gasteiger partial charge in [-0.15, -0.1) is 0 Å². The van der Waals surface area contributed by atoms with Crippen LogP contribution in [0, 0.1) is 23.5 Å². The maximum Gasteiger partial charge on any atom is 0.146 e. The van der Waals surface area contributed by atoms with Gasteiger partial charge in [0, 0.05) is 0 Å². The molecular formula is C13H15BrF2O. The Morgan fingerprint density at radius 1 is 1.35 bits per heavy atom. The van der Waals surface area contributed by atoms with Crippen LogP contribution < -0.4 is 0 Å². The highest BCUT2D eigenvalue weighted by molar-refractivity contribution is 9.10. The highest BCUT2D eigenvalue weighted by atomic mass is 79.9. The number of halogens is 3. The first-order valence-corrected chi connectivity index (χ1v) is 6.61. The number of hydrogen-bond donors (Lipinski definition) is 1. The van der Waals surface area contributed by atoms with Gasteiger partial charge < -0.3 is 5.11 Å². The number of aliphatic hydroxyl groups is 1. The van der Waals surface area contributed by atoms with E-state index in [4.69, 9.17) is 0 Å². The zero-order chi connectivity index (χ0) is 12.6. The lowest BCUT2D eigenvalue weighted by molar-refractivity contribution is 0.101. The van der Waals surface area contributed by atoms with Crippen molar-refractivity contribution >= 4 is 15.9 Å². The summed E-state index contributed by atoms with van der Waals surface area (Å²) in [4.78, 5) is 0. The Kier molecular flexibility index (Phi) is 3.83. The third-order valence-corrected chi connectivity index (χ3v) is 4.17. The summed E-state index contributed by atoms with van der Waals surface area (Å²) in [6.07, 6.45) is 1.62. The van der Waals surface area contributed by atoms with Crippen LogP contribution in [0.25, 0.3) is 0 Å². The maximum atomic E-state index is 13.8. The van der Waals surface area contributed by atoms with Crippen LogP contribution in [0.5, 0.6) is 0 Å². The minimum absolute atomic E-state index is 0.0386. The third kappa shape index (κ3) is 2.52. The summed E-state index contributed by atoms with van der Waals surface area (Å²) in [5.74, 6) is -0.869. The van der Waals surface area contributed by atoms with Crippen LogP contribution in [-0.4, -0.2) is 5.11 Å². The summed E-state index contributed by atoms with van der Waals surface area (Å²) in [5.41, 5.74) is -0.196. The van der Waals surface area contributed by atoms with Crippen LogP contribution in [-0.2, 0) is 0 Å². The fourth-order valence-electron chi connectivity index (χ4n) is 2.59. The molecule has 2 rings (SSSR count). The van der Waals surface area contributed by atoms with Crippen molar-refractivity contribution in [3.05, 3.63) is 33.8 Å². The second kappa shape index (κ2) is 5.02. The molecule has 1 aliphatic carbocycles. The molecule has 0 radical (unpaired) electrons. The molecule has 3 atom stereocenters. The minimum Gasteiger partial charge on any atom is -0.388 e. The monoisotopic (exact) mass is 304 g/mol. The lowest BCUT2D eigenvalue weighted by Gasteiger charge is -2.20. The van der Waals surface area contributed by atoms with Gasteiger partial charge in [-0.3, -0.25) is 0 Å². The molecule has 0 bridgehead atoms. The number of rotatable bonds is 2. The Balaban J connectivity index is 2.30. The Morgan fingerprint density at radius 2 is 2.06 bits per heavy atom. The summed E-state index contributed by atoms with van der Waals surface area (Å²) >= 11 is 3.02. The molecule has 94 valence electrons. The number of benzene rings is 1. The van der Waals surface area contributed by atoms with Gasteiger partial charge >= 0.3 is 0 Å². The first-order valence-electron chi connectivity index (χ1n) is 5.82. The molecule has 0 aliphatic heterocycles. The molecule has 0 spiro atoms. The molecule has 4 heteroatoms. The maximum absolute atomic E-state index is 13.8. The van der Waals surface area contributed by atoms with Crippen molar-refractivity contribution in [2.75, 3.05) is 0 Å². The Hall–Kier alpha value is -0.480. The first kappa shape index (κ1) is 13.0. The Morgan fingerprint density at radius 3 is 2.65 bits per heavy atom. The van der Waals surface area contributed by atoms with Gasteiger partial charge in [0.1, 0.15) is 11.6 Å². The molecule has 0 amide bonds. The van der Waals surface area contributed by atoms with Gasteiger partial charge in [-0.2, -0.15) is 0 Å². The number of hydrogen-bond acceptors (Lipinski definition) is 1. The average Bonchev–Trinajstić information content (AvgIpc) is 2.71. The van der Waals surface area contributed by atoms with Crippen molar-refractivity contribution in [3.8, 4) is 0 Å². The van der Waals surface area contributed by atoms with Crippen molar-refractivity contribution in [1.82, 2.24) is 0 Å². The quantitative estimate of drug-likeness (QED) is 0.812. The number of aliphatic hydroxyl groups excluding tert-OH is 1. The Labute approximate surface area is 108 Å². The van der Waals surface area contributed by atoms with Crippen LogP contribution >= 0.6 is 15.9 Å². The molecule has 1 aliphatic rings. The van der Waals surface area contributed by atoms with Gasteiger partial charge in [0.25, 0.3) is 0 Å². The lowest BCUT2D eigenvalue weighted by Crippen LogP contribution is -2.13. The SMILES string of the molecule is CC1CCC(C(O)c2c(F)ccc(Br)c2F)C1. The van der Waals surface area contributed by atoms with E-state index in [9.17, 15) is 13.9 Å². The van der Waals surface area contributed by atoms with E-state index in [-0.39, 0.29) is 16.0 Å². The van der Waals surface area contributed by atoms with Crippen molar-refractivity contribution in [2.24, 2.45) is 11.8 Å². The molecule has 1 N–H and O–H groups in total.